The minimum absolute atomic E-state index is 0.0492. The van der Waals surface area contributed by atoms with Gasteiger partial charge in [-0.15, -0.1) is 0 Å². The summed E-state index contributed by atoms with van der Waals surface area (Å²) >= 11 is 6.00. The third kappa shape index (κ3) is 5.21. The first-order valence-corrected chi connectivity index (χ1v) is 7.74. The quantitative estimate of drug-likeness (QED) is 0.624. The van der Waals surface area contributed by atoms with Gasteiger partial charge in [0, 0.05) is 22.8 Å². The molecule has 0 aromatic heterocycles. The number of halogens is 1. The van der Waals surface area contributed by atoms with Crippen LogP contribution in [0.5, 0.6) is 0 Å². The zero-order chi connectivity index (χ0) is 17.5. The predicted molar refractivity (Wildman–Crippen MR) is 93.0 cm³/mol. The van der Waals surface area contributed by atoms with Gasteiger partial charge >= 0.3 is 0 Å². The number of carbonyl (C=O) groups is 3. The molecule has 2 aromatic carbocycles. The smallest absolute Gasteiger partial charge is 0.233 e. The Labute approximate surface area is 145 Å². The van der Waals surface area contributed by atoms with E-state index in [4.69, 9.17) is 11.6 Å². The van der Waals surface area contributed by atoms with E-state index in [2.05, 4.69) is 10.6 Å². The molecule has 0 atom stereocenters. The first-order chi connectivity index (χ1) is 11.5. The van der Waals surface area contributed by atoms with Crippen LogP contribution in [-0.4, -0.2) is 17.6 Å². The molecule has 0 heterocycles. The summed E-state index contributed by atoms with van der Waals surface area (Å²) < 4.78 is 0. The fourth-order valence-corrected chi connectivity index (χ4v) is 2.24. The van der Waals surface area contributed by atoms with E-state index in [-0.39, 0.29) is 18.7 Å². The van der Waals surface area contributed by atoms with Crippen molar-refractivity contribution < 1.29 is 14.4 Å². The van der Waals surface area contributed by atoms with Crippen molar-refractivity contribution in [1.82, 2.24) is 5.32 Å². The van der Waals surface area contributed by atoms with Gasteiger partial charge in [-0.3, -0.25) is 14.4 Å². The van der Waals surface area contributed by atoms with E-state index in [9.17, 15) is 14.4 Å². The summed E-state index contributed by atoms with van der Waals surface area (Å²) in [5.74, 6) is -0.873. The lowest BCUT2D eigenvalue weighted by Crippen LogP contribution is -2.27. The van der Waals surface area contributed by atoms with Crippen LogP contribution in [0.25, 0.3) is 0 Å². The molecule has 124 valence electrons. The third-order valence-corrected chi connectivity index (χ3v) is 3.70. The van der Waals surface area contributed by atoms with Gasteiger partial charge < -0.3 is 10.6 Å². The van der Waals surface area contributed by atoms with Gasteiger partial charge in [-0.25, -0.2) is 0 Å². The van der Waals surface area contributed by atoms with E-state index in [1.54, 1.807) is 42.5 Å². The van der Waals surface area contributed by atoms with Crippen LogP contribution in [0.15, 0.2) is 48.5 Å². The molecule has 0 aliphatic heterocycles. The number of rotatable bonds is 6. The van der Waals surface area contributed by atoms with Crippen molar-refractivity contribution in [2.24, 2.45) is 0 Å². The molecule has 2 N–H and O–H groups in total. The molecular formula is C18H17ClN2O3. The maximum Gasteiger partial charge on any atom is 0.233 e. The van der Waals surface area contributed by atoms with Gasteiger partial charge in [-0.1, -0.05) is 29.8 Å². The average molecular weight is 345 g/mol. The van der Waals surface area contributed by atoms with Crippen LogP contribution < -0.4 is 10.6 Å². The Bertz CT molecular complexity index is 757. The highest BCUT2D eigenvalue weighted by Gasteiger charge is 2.10. The maximum atomic E-state index is 11.9. The third-order valence-electron chi connectivity index (χ3n) is 3.33. The van der Waals surface area contributed by atoms with E-state index in [0.717, 1.165) is 5.56 Å². The number of hydrogen-bond acceptors (Lipinski definition) is 3. The zero-order valence-corrected chi connectivity index (χ0v) is 13.9. The SMILES string of the molecule is CC(=O)c1ccc(NC(=O)CC(=O)NCc2ccccc2Cl)cc1. The van der Waals surface area contributed by atoms with Crippen molar-refractivity contribution in [1.29, 1.82) is 0 Å². The Hall–Kier alpha value is -2.66. The van der Waals surface area contributed by atoms with Gasteiger partial charge in [0.15, 0.2) is 5.78 Å². The molecule has 0 radical (unpaired) electrons. The number of benzene rings is 2. The van der Waals surface area contributed by atoms with Crippen molar-refractivity contribution in [2.45, 2.75) is 19.9 Å². The average Bonchev–Trinajstić information content (AvgIpc) is 2.54. The van der Waals surface area contributed by atoms with E-state index < -0.39 is 11.8 Å². The maximum absolute atomic E-state index is 11.9. The van der Waals surface area contributed by atoms with Crippen molar-refractivity contribution in [3.8, 4) is 0 Å². The van der Waals surface area contributed by atoms with Crippen molar-refractivity contribution in [2.75, 3.05) is 5.32 Å². The molecule has 6 heteroatoms. The Morgan fingerprint density at radius 2 is 1.62 bits per heavy atom. The van der Waals surface area contributed by atoms with Gasteiger partial charge in [0.25, 0.3) is 0 Å². The highest BCUT2D eigenvalue weighted by molar-refractivity contribution is 6.31. The normalized spacial score (nSPS) is 10.1. The van der Waals surface area contributed by atoms with Crippen LogP contribution in [0.3, 0.4) is 0 Å². The summed E-state index contributed by atoms with van der Waals surface area (Å²) in [7, 11) is 0. The highest BCUT2D eigenvalue weighted by atomic mass is 35.5. The molecule has 0 unspecified atom stereocenters. The number of amides is 2. The van der Waals surface area contributed by atoms with E-state index in [0.29, 0.717) is 16.3 Å². The molecule has 0 aliphatic rings. The molecule has 2 aromatic rings. The van der Waals surface area contributed by atoms with Crippen molar-refractivity contribution >= 4 is 34.9 Å². The first kappa shape index (κ1) is 17.7. The molecule has 0 saturated carbocycles. The summed E-state index contributed by atoms with van der Waals surface area (Å²) in [5.41, 5.74) is 1.88. The van der Waals surface area contributed by atoms with Crippen LogP contribution in [0.1, 0.15) is 29.3 Å². The molecule has 0 spiro atoms. The van der Waals surface area contributed by atoms with Crippen LogP contribution >= 0.6 is 11.6 Å². The largest absolute Gasteiger partial charge is 0.352 e. The Balaban J connectivity index is 1.82. The summed E-state index contributed by atoms with van der Waals surface area (Å²) in [5, 5.41) is 5.83. The molecule has 0 fully saturated rings. The summed E-state index contributed by atoms with van der Waals surface area (Å²) in [6.07, 6.45) is -0.293. The Morgan fingerprint density at radius 1 is 0.958 bits per heavy atom. The monoisotopic (exact) mass is 344 g/mol. The second-order valence-electron chi connectivity index (χ2n) is 5.23. The molecular weight excluding hydrogens is 328 g/mol. The molecule has 0 saturated heterocycles. The number of carbonyl (C=O) groups excluding carboxylic acids is 3. The second kappa shape index (κ2) is 8.26. The summed E-state index contributed by atoms with van der Waals surface area (Å²) in [6.45, 7) is 1.73. The van der Waals surface area contributed by atoms with Gasteiger partial charge in [0.05, 0.1) is 0 Å². The number of anilines is 1. The fourth-order valence-electron chi connectivity index (χ4n) is 2.04. The lowest BCUT2D eigenvalue weighted by atomic mass is 10.1. The van der Waals surface area contributed by atoms with E-state index >= 15 is 0 Å². The highest BCUT2D eigenvalue weighted by Crippen LogP contribution is 2.14. The fraction of sp³-hybridized carbons (Fsp3) is 0.167. The van der Waals surface area contributed by atoms with E-state index in [1.165, 1.54) is 6.92 Å². The summed E-state index contributed by atoms with van der Waals surface area (Å²) in [6, 6.07) is 13.7. The molecule has 0 bridgehead atoms. The van der Waals surface area contributed by atoms with Crippen LogP contribution in [0.2, 0.25) is 5.02 Å². The Kier molecular flexibility index (Phi) is 6.09. The van der Waals surface area contributed by atoms with Gasteiger partial charge in [-0.05, 0) is 42.8 Å². The minimum atomic E-state index is -0.428. The van der Waals surface area contributed by atoms with Gasteiger partial charge in [0.2, 0.25) is 11.8 Å². The molecule has 2 amide bonds. The second-order valence-corrected chi connectivity index (χ2v) is 5.63. The molecule has 24 heavy (non-hydrogen) atoms. The zero-order valence-electron chi connectivity index (χ0n) is 13.1. The lowest BCUT2D eigenvalue weighted by molar-refractivity contribution is -0.126. The number of ketones is 1. The van der Waals surface area contributed by atoms with Gasteiger partial charge in [0.1, 0.15) is 6.42 Å². The number of hydrogen-bond donors (Lipinski definition) is 2. The van der Waals surface area contributed by atoms with Crippen molar-refractivity contribution in [3.05, 3.63) is 64.7 Å². The van der Waals surface area contributed by atoms with E-state index in [1.807, 2.05) is 6.07 Å². The molecule has 5 nitrogen and oxygen atoms in total. The molecule has 0 aliphatic carbocycles. The van der Waals surface area contributed by atoms with Crippen LogP contribution in [0.4, 0.5) is 5.69 Å². The number of nitrogens with one attached hydrogen (secondary N) is 2. The predicted octanol–water partition coefficient (Wildman–Crippen LogP) is 3.19. The lowest BCUT2D eigenvalue weighted by Gasteiger charge is -2.08. The molecule has 2 rings (SSSR count). The van der Waals surface area contributed by atoms with Gasteiger partial charge in [-0.2, -0.15) is 0 Å². The minimum Gasteiger partial charge on any atom is -0.352 e. The first-order valence-electron chi connectivity index (χ1n) is 7.36. The van der Waals surface area contributed by atoms with Crippen molar-refractivity contribution in [3.63, 3.8) is 0 Å². The topological polar surface area (TPSA) is 75.3 Å². The number of Topliss-reactive ketones (excluding diaryl/α,β-unsaturated/α-hetero) is 1. The summed E-state index contributed by atoms with van der Waals surface area (Å²) in [4.78, 5) is 34.9. The Morgan fingerprint density at radius 3 is 2.25 bits per heavy atom. The van der Waals surface area contributed by atoms with Crippen LogP contribution in [-0.2, 0) is 16.1 Å². The van der Waals surface area contributed by atoms with Crippen LogP contribution in [0, 0.1) is 0 Å². The standard InChI is InChI=1S/C18H17ClN2O3/c1-12(22)13-6-8-15(9-7-13)21-18(24)10-17(23)20-11-14-4-2-3-5-16(14)19/h2-9H,10-11H2,1H3,(H,20,23)(H,21,24).